The van der Waals surface area contributed by atoms with Gasteiger partial charge in [-0.2, -0.15) is 0 Å². The van der Waals surface area contributed by atoms with Crippen molar-refractivity contribution in [2.75, 3.05) is 11.9 Å². The van der Waals surface area contributed by atoms with E-state index in [4.69, 9.17) is 28.9 Å². The van der Waals surface area contributed by atoms with Crippen molar-refractivity contribution in [2.24, 2.45) is 5.73 Å². The van der Waals surface area contributed by atoms with Crippen LogP contribution in [0, 0.1) is 0 Å². The van der Waals surface area contributed by atoms with E-state index in [1.807, 2.05) is 18.2 Å². The fourth-order valence-corrected chi connectivity index (χ4v) is 2.25. The number of carbonyl (C=O) groups excluding carboxylic acids is 1. The summed E-state index contributed by atoms with van der Waals surface area (Å²) in [5, 5.41) is 3.50. The Kier molecular flexibility index (Phi) is 5.01. The Balaban J connectivity index is 2.26. The van der Waals surface area contributed by atoms with Crippen LogP contribution in [0.2, 0.25) is 10.0 Å². The number of benzene rings is 2. The van der Waals surface area contributed by atoms with E-state index >= 15 is 0 Å². The van der Waals surface area contributed by atoms with Crippen LogP contribution in [-0.2, 0) is 6.42 Å². The van der Waals surface area contributed by atoms with Gasteiger partial charge in [-0.1, -0.05) is 47.5 Å². The molecule has 3 N–H and O–H groups in total. The summed E-state index contributed by atoms with van der Waals surface area (Å²) in [5.74, 6) is -0.224. The van der Waals surface area contributed by atoms with E-state index in [2.05, 4.69) is 5.32 Å². The molecule has 0 spiro atoms. The molecule has 2 aromatic carbocycles. The predicted molar refractivity (Wildman–Crippen MR) is 83.6 cm³/mol. The number of amides is 1. The van der Waals surface area contributed by atoms with Gasteiger partial charge in [0.1, 0.15) is 0 Å². The second-order valence-corrected chi connectivity index (χ2v) is 5.04. The molecule has 0 saturated heterocycles. The zero-order valence-corrected chi connectivity index (χ0v) is 12.2. The van der Waals surface area contributed by atoms with Gasteiger partial charge < -0.3 is 11.1 Å². The third kappa shape index (κ3) is 3.31. The lowest BCUT2D eigenvalue weighted by Crippen LogP contribution is -2.16. The molecule has 0 heterocycles. The molecule has 3 nitrogen and oxygen atoms in total. The quantitative estimate of drug-likeness (QED) is 0.904. The van der Waals surface area contributed by atoms with Crippen LogP contribution in [0.15, 0.2) is 42.5 Å². The van der Waals surface area contributed by atoms with Crippen molar-refractivity contribution in [3.8, 4) is 0 Å². The molecule has 0 radical (unpaired) electrons. The molecule has 5 heteroatoms. The van der Waals surface area contributed by atoms with Crippen molar-refractivity contribution in [1.82, 2.24) is 0 Å². The molecule has 104 valence electrons. The maximum atomic E-state index is 12.3. The van der Waals surface area contributed by atoms with Gasteiger partial charge in [-0.25, -0.2) is 0 Å². The van der Waals surface area contributed by atoms with Crippen molar-refractivity contribution in [2.45, 2.75) is 6.42 Å². The zero-order chi connectivity index (χ0) is 14.5. The summed E-state index contributed by atoms with van der Waals surface area (Å²) >= 11 is 12.0. The molecule has 0 aliphatic heterocycles. The standard InChI is InChI=1S/C15H14Cl2N2O/c16-12-6-3-7-13(14(12)17)19-15(20)11-5-2-1-4-10(11)8-9-18/h1-7H,8-9,18H2,(H,19,20). The summed E-state index contributed by atoms with van der Waals surface area (Å²) in [5.41, 5.74) is 7.55. The van der Waals surface area contributed by atoms with Crippen molar-refractivity contribution < 1.29 is 4.79 Å². The van der Waals surface area contributed by atoms with Gasteiger partial charge in [0.2, 0.25) is 0 Å². The minimum Gasteiger partial charge on any atom is -0.330 e. The van der Waals surface area contributed by atoms with Crippen molar-refractivity contribution >= 4 is 34.8 Å². The third-order valence-corrected chi connectivity index (χ3v) is 3.69. The number of nitrogens with two attached hydrogens (primary N) is 1. The highest BCUT2D eigenvalue weighted by atomic mass is 35.5. The van der Waals surface area contributed by atoms with Crippen molar-refractivity contribution in [3.05, 3.63) is 63.6 Å². The van der Waals surface area contributed by atoms with E-state index in [0.717, 1.165) is 5.56 Å². The van der Waals surface area contributed by atoms with Crippen molar-refractivity contribution in [3.63, 3.8) is 0 Å². The Morgan fingerprint density at radius 2 is 1.85 bits per heavy atom. The number of nitrogens with one attached hydrogen (secondary N) is 1. The maximum Gasteiger partial charge on any atom is 0.255 e. The Hall–Kier alpha value is -1.55. The molecular weight excluding hydrogens is 295 g/mol. The minimum atomic E-state index is -0.224. The van der Waals surface area contributed by atoms with Crippen LogP contribution in [-0.4, -0.2) is 12.5 Å². The first-order valence-corrected chi connectivity index (χ1v) is 6.92. The summed E-state index contributed by atoms with van der Waals surface area (Å²) < 4.78 is 0. The lowest BCUT2D eigenvalue weighted by atomic mass is 10.0. The maximum absolute atomic E-state index is 12.3. The van der Waals surface area contributed by atoms with Crippen LogP contribution in [0.5, 0.6) is 0 Å². The number of anilines is 1. The average molecular weight is 309 g/mol. The Morgan fingerprint density at radius 1 is 1.10 bits per heavy atom. The highest BCUT2D eigenvalue weighted by molar-refractivity contribution is 6.44. The normalized spacial score (nSPS) is 10.3. The number of hydrogen-bond acceptors (Lipinski definition) is 2. The third-order valence-electron chi connectivity index (χ3n) is 2.88. The Labute approximate surface area is 127 Å². The summed E-state index contributed by atoms with van der Waals surface area (Å²) in [7, 11) is 0. The summed E-state index contributed by atoms with van der Waals surface area (Å²) in [4.78, 5) is 12.3. The molecule has 0 aliphatic rings. The van der Waals surface area contributed by atoms with E-state index in [1.165, 1.54) is 0 Å². The van der Waals surface area contributed by atoms with Crippen LogP contribution in [0.1, 0.15) is 15.9 Å². The summed E-state index contributed by atoms with van der Waals surface area (Å²) in [6.07, 6.45) is 0.646. The number of rotatable bonds is 4. The Morgan fingerprint density at radius 3 is 2.60 bits per heavy atom. The van der Waals surface area contributed by atoms with Gasteiger partial charge in [0.15, 0.2) is 0 Å². The monoisotopic (exact) mass is 308 g/mol. The molecule has 0 aliphatic carbocycles. The van der Waals surface area contributed by atoms with E-state index in [9.17, 15) is 4.79 Å². The summed E-state index contributed by atoms with van der Waals surface area (Å²) in [6, 6.07) is 12.5. The van der Waals surface area contributed by atoms with E-state index in [-0.39, 0.29) is 5.91 Å². The largest absolute Gasteiger partial charge is 0.330 e. The van der Waals surface area contributed by atoms with Crippen LogP contribution < -0.4 is 11.1 Å². The van der Waals surface area contributed by atoms with E-state index < -0.39 is 0 Å². The van der Waals surface area contributed by atoms with Crippen molar-refractivity contribution in [1.29, 1.82) is 0 Å². The van der Waals surface area contributed by atoms with Gasteiger partial charge in [-0.05, 0) is 36.7 Å². The molecule has 2 aromatic rings. The highest BCUT2D eigenvalue weighted by Crippen LogP contribution is 2.30. The SMILES string of the molecule is NCCc1ccccc1C(=O)Nc1cccc(Cl)c1Cl. The van der Waals surface area contributed by atoms with Gasteiger partial charge in [-0.15, -0.1) is 0 Å². The van der Waals surface area contributed by atoms with Gasteiger partial charge in [0.25, 0.3) is 5.91 Å². The smallest absolute Gasteiger partial charge is 0.255 e. The zero-order valence-electron chi connectivity index (χ0n) is 10.7. The van der Waals surface area contributed by atoms with Crippen LogP contribution in [0.4, 0.5) is 5.69 Å². The van der Waals surface area contributed by atoms with Crippen LogP contribution in [0.3, 0.4) is 0 Å². The molecule has 0 bridgehead atoms. The molecular formula is C15H14Cl2N2O. The highest BCUT2D eigenvalue weighted by Gasteiger charge is 2.13. The Bertz CT molecular complexity index is 629. The topological polar surface area (TPSA) is 55.1 Å². The van der Waals surface area contributed by atoms with E-state index in [0.29, 0.717) is 34.3 Å². The first-order chi connectivity index (χ1) is 9.63. The molecule has 1 amide bonds. The first kappa shape index (κ1) is 14.9. The van der Waals surface area contributed by atoms with Gasteiger partial charge in [0.05, 0.1) is 15.7 Å². The van der Waals surface area contributed by atoms with Gasteiger partial charge >= 0.3 is 0 Å². The van der Waals surface area contributed by atoms with Crippen LogP contribution >= 0.6 is 23.2 Å². The van der Waals surface area contributed by atoms with Gasteiger partial charge in [0, 0.05) is 5.56 Å². The summed E-state index contributed by atoms with van der Waals surface area (Å²) in [6.45, 7) is 0.488. The molecule has 0 fully saturated rings. The number of hydrogen-bond donors (Lipinski definition) is 2. The lowest BCUT2D eigenvalue weighted by molar-refractivity contribution is 0.102. The van der Waals surface area contributed by atoms with Crippen LogP contribution in [0.25, 0.3) is 0 Å². The first-order valence-electron chi connectivity index (χ1n) is 6.17. The molecule has 0 saturated carbocycles. The second kappa shape index (κ2) is 6.75. The van der Waals surface area contributed by atoms with Gasteiger partial charge in [-0.3, -0.25) is 4.79 Å². The lowest BCUT2D eigenvalue weighted by Gasteiger charge is -2.11. The number of carbonyl (C=O) groups is 1. The second-order valence-electron chi connectivity index (χ2n) is 4.25. The molecule has 0 unspecified atom stereocenters. The molecule has 0 aromatic heterocycles. The minimum absolute atomic E-state index is 0.224. The fourth-order valence-electron chi connectivity index (χ4n) is 1.91. The number of halogens is 2. The fraction of sp³-hybridized carbons (Fsp3) is 0.133. The predicted octanol–water partition coefficient (Wildman–Crippen LogP) is 3.75. The molecule has 0 atom stereocenters. The molecule has 2 rings (SSSR count). The van der Waals surface area contributed by atoms with E-state index in [1.54, 1.807) is 24.3 Å². The molecule has 20 heavy (non-hydrogen) atoms. The average Bonchev–Trinajstić information content (AvgIpc) is 2.45.